The molecule has 20 heavy (non-hydrogen) atoms. The van der Waals surface area contributed by atoms with Crippen LogP contribution in [0.1, 0.15) is 13.3 Å². The van der Waals surface area contributed by atoms with Gasteiger partial charge in [-0.2, -0.15) is 8.78 Å². The van der Waals surface area contributed by atoms with Crippen LogP contribution in [0.4, 0.5) is 8.78 Å². The Morgan fingerprint density at radius 1 is 1.60 bits per heavy atom. The zero-order valence-electron chi connectivity index (χ0n) is 11.0. The van der Waals surface area contributed by atoms with Crippen molar-refractivity contribution in [3.8, 4) is 0 Å². The van der Waals surface area contributed by atoms with E-state index in [2.05, 4.69) is 11.6 Å². The third-order valence-electron chi connectivity index (χ3n) is 3.62. The predicted molar refractivity (Wildman–Crippen MR) is 67.7 cm³/mol. The number of aliphatic hydroxyl groups excluding tert-OH is 2. The van der Waals surface area contributed by atoms with E-state index in [1.54, 1.807) is 6.92 Å². The summed E-state index contributed by atoms with van der Waals surface area (Å²) in [5.41, 5.74) is 3.73. The second kappa shape index (κ2) is 4.80. The van der Waals surface area contributed by atoms with E-state index in [0.717, 1.165) is 4.90 Å². The first-order valence-electron chi connectivity index (χ1n) is 6.12. The molecule has 0 aromatic heterocycles. The standard InChI is InChI=1S/C12H17F2N3O3/c1-3-11(6-18)9(19)12(13,14)10(20-11)17-5-4-8(15)16-7(17)2/h4-5,9-10,18-19H,2-3,6H2,1H3,(H2,15,16)/t9-,10-,11-/m1/s1. The maximum absolute atomic E-state index is 14.2. The van der Waals surface area contributed by atoms with Crippen molar-refractivity contribution < 1.29 is 23.7 Å². The smallest absolute Gasteiger partial charge is 0.320 e. The molecule has 1 fully saturated rings. The lowest BCUT2D eigenvalue weighted by atomic mass is 9.93. The third-order valence-corrected chi connectivity index (χ3v) is 3.62. The summed E-state index contributed by atoms with van der Waals surface area (Å²) in [6.45, 7) is 4.36. The van der Waals surface area contributed by atoms with Gasteiger partial charge >= 0.3 is 5.92 Å². The van der Waals surface area contributed by atoms with Crippen LogP contribution in [0.3, 0.4) is 0 Å². The van der Waals surface area contributed by atoms with Gasteiger partial charge in [-0.1, -0.05) is 13.5 Å². The number of nitrogens with zero attached hydrogens (tertiary/aromatic N) is 2. The van der Waals surface area contributed by atoms with Crippen molar-refractivity contribution in [2.75, 3.05) is 6.61 Å². The van der Waals surface area contributed by atoms with E-state index in [9.17, 15) is 19.0 Å². The Labute approximate surface area is 114 Å². The molecule has 0 radical (unpaired) electrons. The van der Waals surface area contributed by atoms with Gasteiger partial charge in [0.1, 0.15) is 17.3 Å². The molecule has 0 bridgehead atoms. The molecule has 112 valence electrons. The fourth-order valence-electron chi connectivity index (χ4n) is 2.31. The Morgan fingerprint density at radius 2 is 2.25 bits per heavy atom. The summed E-state index contributed by atoms with van der Waals surface area (Å²) in [5, 5.41) is 19.1. The SMILES string of the molecule is C=C1N=C(N)C=CN1[C@@H]1O[C@](CC)(CO)[C@@H](O)C1(F)F. The number of aliphatic hydroxyl groups is 2. The Morgan fingerprint density at radius 3 is 2.70 bits per heavy atom. The van der Waals surface area contributed by atoms with E-state index in [0.29, 0.717) is 0 Å². The first kappa shape index (κ1) is 14.9. The first-order valence-corrected chi connectivity index (χ1v) is 6.12. The van der Waals surface area contributed by atoms with Crippen molar-refractivity contribution in [3.63, 3.8) is 0 Å². The van der Waals surface area contributed by atoms with Crippen molar-refractivity contribution >= 4 is 5.84 Å². The summed E-state index contributed by atoms with van der Waals surface area (Å²) in [6, 6.07) is 0. The first-order chi connectivity index (χ1) is 9.28. The van der Waals surface area contributed by atoms with Crippen LogP contribution in [0.15, 0.2) is 29.7 Å². The highest BCUT2D eigenvalue weighted by Gasteiger charge is 2.66. The molecule has 2 rings (SSSR count). The predicted octanol–water partition coefficient (Wildman–Crippen LogP) is 0.138. The van der Waals surface area contributed by atoms with Gasteiger partial charge in [-0.15, -0.1) is 0 Å². The number of ether oxygens (including phenoxy) is 1. The quantitative estimate of drug-likeness (QED) is 0.687. The minimum atomic E-state index is -3.59. The molecule has 2 aliphatic rings. The second-order valence-electron chi connectivity index (χ2n) is 4.80. The number of rotatable bonds is 3. The fourth-order valence-corrected chi connectivity index (χ4v) is 2.31. The lowest BCUT2D eigenvalue weighted by Gasteiger charge is -2.32. The number of halogens is 2. The minimum absolute atomic E-state index is 0.0216. The molecular weight excluding hydrogens is 272 g/mol. The number of nitrogens with two attached hydrogens (primary N) is 1. The van der Waals surface area contributed by atoms with Gasteiger partial charge in [0.05, 0.1) is 6.61 Å². The lowest BCUT2D eigenvalue weighted by Crippen LogP contribution is -2.50. The monoisotopic (exact) mass is 289 g/mol. The summed E-state index contributed by atoms with van der Waals surface area (Å²) in [6.07, 6.45) is -1.30. The van der Waals surface area contributed by atoms with Gasteiger partial charge in [-0.05, 0) is 12.5 Å². The van der Waals surface area contributed by atoms with Crippen molar-refractivity contribution in [2.24, 2.45) is 10.7 Å². The van der Waals surface area contributed by atoms with E-state index in [1.807, 2.05) is 0 Å². The lowest BCUT2D eigenvalue weighted by molar-refractivity contribution is -0.154. The molecule has 2 aliphatic heterocycles. The molecule has 0 aromatic carbocycles. The van der Waals surface area contributed by atoms with Crippen LogP contribution in [-0.2, 0) is 4.74 Å². The summed E-state index contributed by atoms with van der Waals surface area (Å²) >= 11 is 0. The third kappa shape index (κ3) is 2.00. The Kier molecular flexibility index (Phi) is 3.57. The zero-order valence-corrected chi connectivity index (χ0v) is 11.0. The van der Waals surface area contributed by atoms with E-state index in [-0.39, 0.29) is 18.1 Å². The van der Waals surface area contributed by atoms with Gasteiger partial charge in [-0.3, -0.25) is 0 Å². The van der Waals surface area contributed by atoms with Gasteiger partial charge in [0.25, 0.3) is 0 Å². The van der Waals surface area contributed by atoms with Crippen LogP contribution >= 0.6 is 0 Å². The maximum atomic E-state index is 14.2. The van der Waals surface area contributed by atoms with Gasteiger partial charge in [0.15, 0.2) is 6.10 Å². The molecule has 0 aromatic rings. The average Bonchev–Trinajstić information content (AvgIpc) is 2.60. The highest BCUT2D eigenvalue weighted by Crippen LogP contribution is 2.46. The molecule has 6 nitrogen and oxygen atoms in total. The van der Waals surface area contributed by atoms with Crippen LogP contribution in [-0.4, -0.2) is 51.4 Å². The van der Waals surface area contributed by atoms with E-state index >= 15 is 0 Å². The molecule has 8 heteroatoms. The summed E-state index contributed by atoms with van der Waals surface area (Å²) in [4.78, 5) is 4.77. The number of aliphatic imine (C=N–C) groups is 1. The van der Waals surface area contributed by atoms with Crippen molar-refractivity contribution in [2.45, 2.75) is 37.2 Å². The maximum Gasteiger partial charge on any atom is 0.320 e. The van der Waals surface area contributed by atoms with E-state index in [4.69, 9.17) is 10.5 Å². The zero-order chi connectivity index (χ0) is 15.1. The molecule has 0 aliphatic carbocycles. The van der Waals surface area contributed by atoms with Crippen LogP contribution < -0.4 is 5.73 Å². The van der Waals surface area contributed by atoms with Crippen LogP contribution in [0.5, 0.6) is 0 Å². The average molecular weight is 289 g/mol. The highest BCUT2D eigenvalue weighted by atomic mass is 19.3. The van der Waals surface area contributed by atoms with Gasteiger partial charge < -0.3 is 25.6 Å². The molecular formula is C12H17F2N3O3. The molecule has 0 amide bonds. The fraction of sp³-hybridized carbons (Fsp3) is 0.583. The highest BCUT2D eigenvalue weighted by molar-refractivity contribution is 5.92. The Bertz CT molecular complexity index is 475. The van der Waals surface area contributed by atoms with Crippen LogP contribution in [0.25, 0.3) is 0 Å². The van der Waals surface area contributed by atoms with Gasteiger partial charge in [0, 0.05) is 6.20 Å². The topological polar surface area (TPSA) is 91.3 Å². The normalized spacial score (nSPS) is 36.4. The van der Waals surface area contributed by atoms with Crippen molar-refractivity contribution in [1.29, 1.82) is 0 Å². The van der Waals surface area contributed by atoms with Crippen molar-refractivity contribution in [3.05, 3.63) is 24.7 Å². The Balaban J connectivity index is 2.34. The minimum Gasteiger partial charge on any atom is -0.393 e. The molecule has 0 unspecified atom stereocenters. The number of hydrogen-bond acceptors (Lipinski definition) is 6. The second-order valence-corrected chi connectivity index (χ2v) is 4.80. The Hall–Kier alpha value is -1.51. The van der Waals surface area contributed by atoms with E-state index < -0.39 is 30.5 Å². The molecule has 4 N–H and O–H groups in total. The van der Waals surface area contributed by atoms with Crippen molar-refractivity contribution in [1.82, 2.24) is 4.90 Å². The van der Waals surface area contributed by atoms with E-state index in [1.165, 1.54) is 12.3 Å². The largest absolute Gasteiger partial charge is 0.393 e. The number of amidine groups is 1. The summed E-state index contributed by atoms with van der Waals surface area (Å²) in [7, 11) is 0. The summed E-state index contributed by atoms with van der Waals surface area (Å²) in [5.74, 6) is -3.48. The molecule has 0 spiro atoms. The molecule has 0 saturated carbocycles. The molecule has 2 heterocycles. The van der Waals surface area contributed by atoms with Gasteiger partial charge in [0.2, 0.25) is 6.23 Å². The van der Waals surface area contributed by atoms with Crippen LogP contribution in [0.2, 0.25) is 0 Å². The molecule has 3 atom stereocenters. The van der Waals surface area contributed by atoms with Crippen LogP contribution in [0, 0.1) is 0 Å². The molecule has 1 saturated heterocycles. The number of alkyl halides is 2. The number of hydrogen-bond donors (Lipinski definition) is 3. The van der Waals surface area contributed by atoms with Gasteiger partial charge in [-0.25, -0.2) is 4.99 Å². The summed E-state index contributed by atoms with van der Waals surface area (Å²) < 4.78 is 33.8.